The molecular formula is C19H24N4O2. The number of carbonyl (C=O) groups excluding carboxylic acids is 1. The first-order valence-electron chi connectivity index (χ1n) is 8.94. The lowest BCUT2D eigenvalue weighted by Crippen LogP contribution is -2.57. The van der Waals surface area contributed by atoms with Crippen molar-refractivity contribution >= 4 is 11.7 Å². The molecule has 2 atom stereocenters. The van der Waals surface area contributed by atoms with Gasteiger partial charge in [-0.25, -0.2) is 9.78 Å². The third kappa shape index (κ3) is 3.14. The van der Waals surface area contributed by atoms with Crippen molar-refractivity contribution < 1.29 is 9.21 Å². The Bertz CT molecular complexity index is 759. The van der Waals surface area contributed by atoms with Gasteiger partial charge >= 0.3 is 6.03 Å². The first-order chi connectivity index (χ1) is 12.1. The molecule has 1 aromatic heterocycles. The molecule has 2 aromatic rings. The molecule has 0 saturated carbocycles. The Morgan fingerprint density at radius 3 is 3.04 bits per heavy atom. The van der Waals surface area contributed by atoms with Gasteiger partial charge in [0.05, 0.1) is 6.20 Å². The number of oxazole rings is 1. The smallest absolute Gasteiger partial charge is 0.322 e. The van der Waals surface area contributed by atoms with Crippen LogP contribution in [-0.4, -0.2) is 52.5 Å². The van der Waals surface area contributed by atoms with E-state index in [0.29, 0.717) is 11.9 Å². The van der Waals surface area contributed by atoms with E-state index >= 15 is 0 Å². The van der Waals surface area contributed by atoms with Crippen LogP contribution in [0.4, 0.5) is 10.5 Å². The summed E-state index contributed by atoms with van der Waals surface area (Å²) in [7, 11) is 0. The lowest BCUT2D eigenvalue weighted by Gasteiger charge is -2.42. The van der Waals surface area contributed by atoms with Crippen LogP contribution in [0, 0.1) is 6.92 Å². The summed E-state index contributed by atoms with van der Waals surface area (Å²) in [6.45, 7) is 7.08. The van der Waals surface area contributed by atoms with Crippen LogP contribution in [0.5, 0.6) is 0 Å². The van der Waals surface area contributed by atoms with E-state index < -0.39 is 0 Å². The lowest BCUT2D eigenvalue weighted by molar-refractivity contribution is 0.0861. The quantitative estimate of drug-likeness (QED) is 0.911. The number of aromatic nitrogens is 1. The molecule has 2 aliphatic rings. The standard InChI is InChI=1S/C19H24N4O2/c1-13-5-6-15(10-17(13)18-20-7-9-25-18)21-19(24)23-12-16-4-3-8-22(16)11-14(23)2/h5-7,9-10,14,16H,3-4,8,11-12H2,1-2H3,(H,21,24)/t14-,16-/m1/s1. The highest BCUT2D eigenvalue weighted by molar-refractivity contribution is 5.90. The van der Waals surface area contributed by atoms with Crippen molar-refractivity contribution in [2.75, 3.05) is 25.0 Å². The second kappa shape index (κ2) is 6.52. The summed E-state index contributed by atoms with van der Waals surface area (Å²) in [6, 6.07) is 6.55. The maximum absolute atomic E-state index is 12.8. The Kier molecular flexibility index (Phi) is 4.21. The maximum atomic E-state index is 12.8. The fraction of sp³-hybridized carbons (Fsp3) is 0.474. The van der Waals surface area contributed by atoms with Crippen molar-refractivity contribution in [1.29, 1.82) is 0 Å². The molecule has 1 N–H and O–H groups in total. The van der Waals surface area contributed by atoms with Crippen LogP contribution >= 0.6 is 0 Å². The van der Waals surface area contributed by atoms with E-state index in [1.54, 1.807) is 12.5 Å². The van der Waals surface area contributed by atoms with Crippen molar-refractivity contribution in [2.45, 2.75) is 38.8 Å². The summed E-state index contributed by atoms with van der Waals surface area (Å²) in [5.74, 6) is 0.571. The van der Waals surface area contributed by atoms with Gasteiger partial charge in [0.15, 0.2) is 0 Å². The molecule has 132 valence electrons. The van der Waals surface area contributed by atoms with Crippen molar-refractivity contribution in [3.63, 3.8) is 0 Å². The van der Waals surface area contributed by atoms with E-state index in [-0.39, 0.29) is 12.1 Å². The van der Waals surface area contributed by atoms with Crippen molar-refractivity contribution in [2.24, 2.45) is 0 Å². The van der Waals surface area contributed by atoms with Crippen LogP contribution in [-0.2, 0) is 0 Å². The third-order valence-corrected chi connectivity index (χ3v) is 5.35. The van der Waals surface area contributed by atoms with Crippen LogP contribution in [0.3, 0.4) is 0 Å². The summed E-state index contributed by atoms with van der Waals surface area (Å²) in [6.07, 6.45) is 5.62. The van der Waals surface area contributed by atoms with Gasteiger partial charge in [-0.2, -0.15) is 0 Å². The van der Waals surface area contributed by atoms with Gasteiger partial charge in [0.1, 0.15) is 6.26 Å². The lowest BCUT2D eigenvalue weighted by atomic mass is 10.1. The van der Waals surface area contributed by atoms with Crippen LogP contribution in [0.1, 0.15) is 25.3 Å². The minimum Gasteiger partial charge on any atom is -0.445 e. The van der Waals surface area contributed by atoms with E-state index in [1.165, 1.54) is 19.4 Å². The fourth-order valence-electron chi connectivity index (χ4n) is 3.95. The van der Waals surface area contributed by atoms with Crippen LogP contribution in [0.25, 0.3) is 11.5 Å². The molecule has 2 amide bonds. The molecule has 6 nitrogen and oxygen atoms in total. The molecular weight excluding hydrogens is 316 g/mol. The third-order valence-electron chi connectivity index (χ3n) is 5.35. The molecule has 25 heavy (non-hydrogen) atoms. The maximum Gasteiger partial charge on any atom is 0.322 e. The Morgan fingerprint density at radius 1 is 1.36 bits per heavy atom. The Morgan fingerprint density at radius 2 is 2.24 bits per heavy atom. The fourth-order valence-corrected chi connectivity index (χ4v) is 3.95. The van der Waals surface area contributed by atoms with Crippen LogP contribution < -0.4 is 5.32 Å². The summed E-state index contributed by atoms with van der Waals surface area (Å²) in [4.78, 5) is 21.5. The average molecular weight is 340 g/mol. The zero-order valence-electron chi connectivity index (χ0n) is 14.7. The molecule has 0 radical (unpaired) electrons. The predicted molar refractivity (Wildman–Crippen MR) is 96.5 cm³/mol. The monoisotopic (exact) mass is 340 g/mol. The molecule has 0 spiro atoms. The van der Waals surface area contributed by atoms with E-state index in [9.17, 15) is 4.79 Å². The number of hydrogen-bond donors (Lipinski definition) is 1. The molecule has 2 fully saturated rings. The molecule has 0 bridgehead atoms. The normalized spacial score (nSPS) is 23.5. The zero-order chi connectivity index (χ0) is 17.4. The van der Waals surface area contributed by atoms with E-state index in [1.807, 2.05) is 30.0 Å². The highest BCUT2D eigenvalue weighted by Crippen LogP contribution is 2.27. The van der Waals surface area contributed by atoms with Crippen molar-refractivity contribution in [1.82, 2.24) is 14.8 Å². The Hall–Kier alpha value is -2.34. The number of urea groups is 1. The molecule has 2 saturated heterocycles. The van der Waals surface area contributed by atoms with Crippen molar-refractivity contribution in [3.8, 4) is 11.5 Å². The van der Waals surface area contributed by atoms with Crippen LogP contribution in [0.15, 0.2) is 35.1 Å². The second-order valence-electron chi connectivity index (χ2n) is 7.09. The predicted octanol–water partition coefficient (Wildman–Crippen LogP) is 3.35. The second-order valence-corrected chi connectivity index (χ2v) is 7.09. The van der Waals surface area contributed by atoms with Gasteiger partial charge in [0.2, 0.25) is 5.89 Å². The summed E-state index contributed by atoms with van der Waals surface area (Å²) >= 11 is 0. The number of aryl methyl sites for hydroxylation is 1. The average Bonchev–Trinajstić information content (AvgIpc) is 3.26. The summed E-state index contributed by atoms with van der Waals surface area (Å²) in [5.41, 5.74) is 2.73. The Labute approximate surface area is 147 Å². The number of amides is 2. The summed E-state index contributed by atoms with van der Waals surface area (Å²) < 4.78 is 5.40. The molecule has 0 unspecified atom stereocenters. The van der Waals surface area contributed by atoms with Gasteiger partial charge in [-0.3, -0.25) is 4.90 Å². The molecule has 1 aromatic carbocycles. The van der Waals surface area contributed by atoms with Gasteiger partial charge < -0.3 is 14.6 Å². The topological polar surface area (TPSA) is 61.6 Å². The minimum atomic E-state index is -0.0266. The zero-order valence-corrected chi connectivity index (χ0v) is 14.7. The number of rotatable bonds is 2. The largest absolute Gasteiger partial charge is 0.445 e. The number of nitrogens with one attached hydrogen (secondary N) is 1. The number of piperazine rings is 1. The molecule has 3 heterocycles. The number of benzene rings is 1. The Balaban J connectivity index is 1.50. The van der Waals surface area contributed by atoms with Crippen LogP contribution in [0.2, 0.25) is 0 Å². The first kappa shape index (κ1) is 16.1. The summed E-state index contributed by atoms with van der Waals surface area (Å²) in [5, 5.41) is 3.05. The molecule has 4 rings (SSSR count). The van der Waals surface area contributed by atoms with Gasteiger partial charge in [-0.1, -0.05) is 6.07 Å². The highest BCUT2D eigenvalue weighted by atomic mass is 16.3. The molecule has 2 aliphatic heterocycles. The first-order valence-corrected chi connectivity index (χ1v) is 8.94. The van der Waals surface area contributed by atoms with Gasteiger partial charge in [-0.05, 0) is 50.9 Å². The number of anilines is 1. The molecule has 6 heteroatoms. The number of nitrogens with zero attached hydrogens (tertiary/aromatic N) is 3. The van der Waals surface area contributed by atoms with Gasteiger partial charge in [0.25, 0.3) is 0 Å². The molecule has 0 aliphatic carbocycles. The highest BCUT2D eigenvalue weighted by Gasteiger charge is 2.36. The van der Waals surface area contributed by atoms with E-state index in [2.05, 4.69) is 22.1 Å². The number of hydrogen-bond acceptors (Lipinski definition) is 4. The van der Waals surface area contributed by atoms with Gasteiger partial charge in [0, 0.05) is 36.4 Å². The minimum absolute atomic E-state index is 0.0266. The number of carbonyl (C=O) groups is 1. The number of fused-ring (bicyclic) bond motifs is 1. The van der Waals surface area contributed by atoms with Gasteiger partial charge in [-0.15, -0.1) is 0 Å². The van der Waals surface area contributed by atoms with E-state index in [0.717, 1.165) is 29.9 Å². The SMILES string of the molecule is Cc1ccc(NC(=O)N2C[C@H]3CCCN3C[C@H]2C)cc1-c1ncco1. The van der Waals surface area contributed by atoms with Crippen molar-refractivity contribution in [3.05, 3.63) is 36.2 Å². The van der Waals surface area contributed by atoms with E-state index in [4.69, 9.17) is 4.42 Å².